The molecule has 4 heteroatoms. The molecule has 2 aliphatic rings. The molecule has 0 aromatic carbocycles. The van der Waals surface area contributed by atoms with E-state index in [1.165, 1.54) is 31.4 Å². The molecule has 0 unspecified atom stereocenters. The number of nitrogens with zero attached hydrogens (tertiary/aromatic N) is 2. The molecule has 1 aliphatic carbocycles. The summed E-state index contributed by atoms with van der Waals surface area (Å²) in [6, 6.07) is 2.67. The van der Waals surface area contributed by atoms with Gasteiger partial charge in [-0.2, -0.15) is 0 Å². The third-order valence-electron chi connectivity index (χ3n) is 4.70. The zero-order chi connectivity index (χ0) is 13.9. The molecule has 4 nitrogen and oxygen atoms in total. The van der Waals surface area contributed by atoms with Crippen LogP contribution in [0.3, 0.4) is 0 Å². The summed E-state index contributed by atoms with van der Waals surface area (Å²) in [5, 5.41) is 8.98. The lowest BCUT2D eigenvalue weighted by atomic mass is 10.1. The van der Waals surface area contributed by atoms with E-state index in [1.54, 1.807) is 0 Å². The van der Waals surface area contributed by atoms with Crippen molar-refractivity contribution in [2.24, 2.45) is 5.92 Å². The summed E-state index contributed by atoms with van der Waals surface area (Å²) in [6.45, 7) is 2.22. The molecular weight excluding hydrogens is 252 g/mol. The standard InChI is InChI=1S/C16H24N2O2/c1-18-5-2-3-14(18)11-20-15-7-13(9-17-10-15)16-8-12(16)4-6-19/h7,9-10,12,14,16,19H,2-6,8,11H2,1H3/t12-,14-,16-/m0/s1. The van der Waals surface area contributed by atoms with Gasteiger partial charge in [0.25, 0.3) is 0 Å². The molecular formula is C16H24N2O2. The SMILES string of the molecule is CN1CCC[C@H]1COc1cncc([C@H]2C[C@@H]2CCO)c1. The van der Waals surface area contributed by atoms with E-state index in [0.717, 1.165) is 18.8 Å². The van der Waals surface area contributed by atoms with Crippen molar-refractivity contribution in [2.45, 2.75) is 37.6 Å². The van der Waals surface area contributed by atoms with Crippen molar-refractivity contribution in [2.75, 3.05) is 26.8 Å². The molecule has 3 atom stereocenters. The number of rotatable bonds is 6. The predicted octanol–water partition coefficient (Wildman–Crippen LogP) is 2.04. The highest BCUT2D eigenvalue weighted by molar-refractivity contribution is 5.30. The summed E-state index contributed by atoms with van der Waals surface area (Å²) < 4.78 is 5.92. The molecule has 1 N–H and O–H groups in total. The third kappa shape index (κ3) is 3.13. The van der Waals surface area contributed by atoms with Gasteiger partial charge in [-0.3, -0.25) is 4.98 Å². The second-order valence-electron chi connectivity index (χ2n) is 6.16. The topological polar surface area (TPSA) is 45.6 Å². The van der Waals surface area contributed by atoms with E-state index in [4.69, 9.17) is 9.84 Å². The van der Waals surface area contributed by atoms with Crippen LogP contribution in [-0.4, -0.2) is 47.8 Å². The fraction of sp³-hybridized carbons (Fsp3) is 0.688. The van der Waals surface area contributed by atoms with Crippen molar-refractivity contribution in [1.29, 1.82) is 0 Å². The van der Waals surface area contributed by atoms with Crippen molar-refractivity contribution < 1.29 is 9.84 Å². The number of aliphatic hydroxyl groups is 1. The number of hydrogen-bond acceptors (Lipinski definition) is 4. The summed E-state index contributed by atoms with van der Waals surface area (Å²) in [5.74, 6) is 2.10. The molecule has 2 heterocycles. The molecule has 1 saturated carbocycles. The minimum Gasteiger partial charge on any atom is -0.490 e. The van der Waals surface area contributed by atoms with Gasteiger partial charge in [-0.1, -0.05) is 0 Å². The number of hydrogen-bond donors (Lipinski definition) is 1. The largest absolute Gasteiger partial charge is 0.490 e. The lowest BCUT2D eigenvalue weighted by Gasteiger charge is -2.19. The molecule has 20 heavy (non-hydrogen) atoms. The van der Waals surface area contributed by atoms with Crippen molar-refractivity contribution in [1.82, 2.24) is 9.88 Å². The second kappa shape index (κ2) is 6.10. The summed E-state index contributed by atoms with van der Waals surface area (Å²) in [5.41, 5.74) is 1.26. The molecule has 0 bridgehead atoms. The fourth-order valence-corrected chi connectivity index (χ4v) is 3.24. The third-order valence-corrected chi connectivity index (χ3v) is 4.70. The zero-order valence-corrected chi connectivity index (χ0v) is 12.2. The smallest absolute Gasteiger partial charge is 0.137 e. The van der Waals surface area contributed by atoms with E-state index in [2.05, 4.69) is 23.0 Å². The van der Waals surface area contributed by atoms with Crippen LogP contribution < -0.4 is 4.74 Å². The van der Waals surface area contributed by atoms with Crippen molar-refractivity contribution in [3.05, 3.63) is 24.0 Å². The highest BCUT2D eigenvalue weighted by atomic mass is 16.5. The lowest BCUT2D eigenvalue weighted by molar-refractivity contribution is 0.197. The zero-order valence-electron chi connectivity index (χ0n) is 12.2. The van der Waals surface area contributed by atoms with Crippen molar-refractivity contribution in [3.63, 3.8) is 0 Å². The Hall–Kier alpha value is -1.13. The normalized spacial score (nSPS) is 29.6. The average Bonchev–Trinajstić information content (AvgIpc) is 3.11. The Kier molecular flexibility index (Phi) is 4.22. The summed E-state index contributed by atoms with van der Waals surface area (Å²) >= 11 is 0. The first-order valence-corrected chi connectivity index (χ1v) is 7.67. The van der Waals surface area contributed by atoms with Gasteiger partial charge in [-0.05, 0) is 62.7 Å². The number of aromatic nitrogens is 1. The Morgan fingerprint density at radius 1 is 1.45 bits per heavy atom. The molecule has 0 spiro atoms. The van der Waals surface area contributed by atoms with Crippen LogP contribution in [0.15, 0.2) is 18.5 Å². The number of pyridine rings is 1. The van der Waals surface area contributed by atoms with Gasteiger partial charge in [0.1, 0.15) is 12.4 Å². The van der Waals surface area contributed by atoms with Gasteiger partial charge in [-0.15, -0.1) is 0 Å². The molecule has 110 valence electrons. The number of likely N-dealkylation sites (tertiary alicyclic amines) is 1. The maximum absolute atomic E-state index is 8.98. The molecule has 1 aromatic rings. The Bertz CT molecular complexity index is 452. The summed E-state index contributed by atoms with van der Waals surface area (Å²) in [4.78, 5) is 6.67. The maximum Gasteiger partial charge on any atom is 0.137 e. The average molecular weight is 276 g/mol. The molecule has 2 fully saturated rings. The van der Waals surface area contributed by atoms with Crippen molar-refractivity contribution in [3.8, 4) is 5.75 Å². The Balaban J connectivity index is 1.55. The monoisotopic (exact) mass is 276 g/mol. The molecule has 1 aliphatic heterocycles. The highest BCUT2D eigenvalue weighted by Gasteiger charge is 2.37. The minimum atomic E-state index is 0.290. The number of ether oxygens (including phenoxy) is 1. The van der Waals surface area contributed by atoms with Gasteiger partial charge in [0.2, 0.25) is 0 Å². The molecule has 1 aromatic heterocycles. The molecule has 0 radical (unpaired) electrons. The Labute approximate surface area is 120 Å². The number of aliphatic hydroxyl groups excluding tert-OH is 1. The van der Waals surface area contributed by atoms with E-state index in [1.807, 2.05) is 12.4 Å². The number of likely N-dealkylation sites (N-methyl/N-ethyl adjacent to an activating group) is 1. The first kappa shape index (κ1) is 13.8. The van der Waals surface area contributed by atoms with E-state index in [-0.39, 0.29) is 0 Å². The fourth-order valence-electron chi connectivity index (χ4n) is 3.24. The summed E-state index contributed by atoms with van der Waals surface area (Å²) in [6.07, 6.45) is 8.33. The lowest BCUT2D eigenvalue weighted by Crippen LogP contribution is -2.30. The van der Waals surface area contributed by atoms with Gasteiger partial charge in [0.15, 0.2) is 0 Å². The summed E-state index contributed by atoms with van der Waals surface area (Å²) in [7, 11) is 2.17. The first-order valence-electron chi connectivity index (χ1n) is 7.67. The van der Waals surface area contributed by atoms with Crippen LogP contribution in [0.4, 0.5) is 0 Å². The van der Waals surface area contributed by atoms with Gasteiger partial charge < -0.3 is 14.7 Å². The first-order chi connectivity index (χ1) is 9.78. The van der Waals surface area contributed by atoms with Gasteiger partial charge in [0.05, 0.1) is 6.20 Å². The van der Waals surface area contributed by atoms with E-state index >= 15 is 0 Å². The van der Waals surface area contributed by atoms with Gasteiger partial charge >= 0.3 is 0 Å². The van der Waals surface area contributed by atoms with Crippen molar-refractivity contribution >= 4 is 0 Å². The van der Waals surface area contributed by atoms with Crippen LogP contribution in [0, 0.1) is 5.92 Å². The second-order valence-corrected chi connectivity index (χ2v) is 6.16. The molecule has 0 amide bonds. The van der Waals surface area contributed by atoms with Gasteiger partial charge in [0, 0.05) is 18.8 Å². The van der Waals surface area contributed by atoms with Crippen LogP contribution >= 0.6 is 0 Å². The highest BCUT2D eigenvalue weighted by Crippen LogP contribution is 2.49. The Morgan fingerprint density at radius 3 is 3.10 bits per heavy atom. The Morgan fingerprint density at radius 2 is 2.35 bits per heavy atom. The molecule has 3 rings (SSSR count). The predicted molar refractivity (Wildman–Crippen MR) is 77.9 cm³/mol. The van der Waals surface area contributed by atoms with Gasteiger partial charge in [-0.25, -0.2) is 0 Å². The van der Waals surface area contributed by atoms with Crippen LogP contribution in [0.25, 0.3) is 0 Å². The molecule has 1 saturated heterocycles. The minimum absolute atomic E-state index is 0.290. The van der Waals surface area contributed by atoms with E-state index in [9.17, 15) is 0 Å². The van der Waals surface area contributed by atoms with Crippen LogP contribution in [0.5, 0.6) is 5.75 Å². The van der Waals surface area contributed by atoms with E-state index < -0.39 is 0 Å². The van der Waals surface area contributed by atoms with Crippen LogP contribution in [0.1, 0.15) is 37.2 Å². The van der Waals surface area contributed by atoms with E-state index in [0.29, 0.717) is 24.5 Å². The quantitative estimate of drug-likeness (QED) is 0.863. The van der Waals surface area contributed by atoms with Crippen LogP contribution in [-0.2, 0) is 0 Å². The van der Waals surface area contributed by atoms with Crippen LogP contribution in [0.2, 0.25) is 0 Å². The maximum atomic E-state index is 8.98.